The number of rotatable bonds is 21. The normalized spacial score (nSPS) is 11.9. The summed E-state index contributed by atoms with van der Waals surface area (Å²) in [5.41, 5.74) is 1.16. The molecular weight excluding hydrogens is 404 g/mol. The van der Waals surface area contributed by atoms with Crippen LogP contribution in [0, 0.1) is 0 Å². The number of esters is 1. The molecule has 0 fully saturated rings. The fourth-order valence-corrected chi connectivity index (χ4v) is 3.89. The van der Waals surface area contributed by atoms with Gasteiger partial charge in [0.2, 0.25) is 0 Å². The third-order valence-corrected chi connectivity index (χ3v) is 5.70. The van der Waals surface area contributed by atoms with Gasteiger partial charge in [-0.25, -0.2) is 0 Å². The maximum Gasteiger partial charge on any atom is 0.303 e. The Hall–Kier alpha value is -1.88. The van der Waals surface area contributed by atoms with E-state index in [9.17, 15) is 9.59 Å². The molecule has 0 aliphatic carbocycles. The molecule has 1 unspecified atom stereocenters. The molecule has 1 atom stereocenters. The molecule has 32 heavy (non-hydrogen) atoms. The van der Waals surface area contributed by atoms with Gasteiger partial charge in [-0.1, -0.05) is 94.5 Å². The van der Waals surface area contributed by atoms with E-state index >= 15 is 0 Å². The maximum absolute atomic E-state index is 11.4. The van der Waals surface area contributed by atoms with Crippen LogP contribution in [0.2, 0.25) is 0 Å². The van der Waals surface area contributed by atoms with Gasteiger partial charge >= 0.3 is 11.9 Å². The van der Waals surface area contributed by atoms with Crippen molar-refractivity contribution in [2.75, 3.05) is 6.61 Å². The molecule has 0 aliphatic heterocycles. The third-order valence-electron chi connectivity index (χ3n) is 5.70. The number of carboxylic acids is 1. The van der Waals surface area contributed by atoms with Crippen molar-refractivity contribution >= 4 is 11.9 Å². The summed E-state index contributed by atoms with van der Waals surface area (Å²) in [6.07, 6.45) is 16.1. The number of benzene rings is 1. The lowest BCUT2D eigenvalue weighted by molar-refractivity contribution is -0.147. The second-order valence-electron chi connectivity index (χ2n) is 8.73. The topological polar surface area (TPSA) is 72.8 Å². The summed E-state index contributed by atoms with van der Waals surface area (Å²) in [7, 11) is 0. The molecular formula is C27H44O5. The predicted molar refractivity (Wildman–Crippen MR) is 129 cm³/mol. The Kier molecular flexibility index (Phi) is 17.4. The van der Waals surface area contributed by atoms with Crippen LogP contribution in [0.4, 0.5) is 0 Å². The van der Waals surface area contributed by atoms with Crippen molar-refractivity contribution in [2.45, 2.75) is 116 Å². The van der Waals surface area contributed by atoms with Crippen LogP contribution >= 0.6 is 0 Å². The second kappa shape index (κ2) is 19.8. The highest BCUT2D eigenvalue weighted by atomic mass is 16.5. The molecule has 1 N–H and O–H groups in total. The lowest BCUT2D eigenvalue weighted by Crippen LogP contribution is -2.18. The Bertz CT molecular complexity index is 587. The molecule has 5 heteroatoms. The van der Waals surface area contributed by atoms with Crippen molar-refractivity contribution in [1.29, 1.82) is 0 Å². The minimum Gasteiger partial charge on any atom is -0.481 e. The van der Waals surface area contributed by atoms with Gasteiger partial charge in [-0.15, -0.1) is 0 Å². The average Bonchev–Trinajstić information content (AvgIpc) is 2.76. The molecule has 0 bridgehead atoms. The first-order valence-corrected chi connectivity index (χ1v) is 12.6. The number of aliphatic carboxylic acids is 1. The van der Waals surface area contributed by atoms with Crippen molar-refractivity contribution < 1.29 is 24.2 Å². The average molecular weight is 449 g/mol. The van der Waals surface area contributed by atoms with Crippen molar-refractivity contribution in [3.8, 4) is 0 Å². The number of carboxylic acid groups (broad SMARTS) is 1. The quantitative estimate of drug-likeness (QED) is 0.161. The molecule has 1 aromatic rings. The fourth-order valence-electron chi connectivity index (χ4n) is 3.89. The van der Waals surface area contributed by atoms with E-state index in [1.807, 2.05) is 18.2 Å². The number of carbonyl (C=O) groups is 2. The van der Waals surface area contributed by atoms with E-state index < -0.39 is 5.97 Å². The van der Waals surface area contributed by atoms with Gasteiger partial charge in [-0.3, -0.25) is 9.59 Å². The molecule has 0 aromatic heterocycles. The molecule has 1 rings (SSSR count). The van der Waals surface area contributed by atoms with Gasteiger partial charge < -0.3 is 14.6 Å². The summed E-state index contributed by atoms with van der Waals surface area (Å²) in [6, 6.07) is 10.1. The highest BCUT2D eigenvalue weighted by Crippen LogP contribution is 2.15. The lowest BCUT2D eigenvalue weighted by atomic mass is 10.0. The smallest absolute Gasteiger partial charge is 0.303 e. The Morgan fingerprint density at radius 1 is 0.781 bits per heavy atom. The van der Waals surface area contributed by atoms with Crippen LogP contribution in [0.5, 0.6) is 0 Å². The molecule has 0 saturated heterocycles. The van der Waals surface area contributed by atoms with E-state index in [1.54, 1.807) is 0 Å². The maximum atomic E-state index is 11.4. The Balaban J connectivity index is 1.95. The Morgan fingerprint density at radius 2 is 1.31 bits per heavy atom. The number of hydrogen-bond acceptors (Lipinski definition) is 4. The standard InChI is InChI=1S/C27H44O5/c1-24(28)32-26(21-22-31-23-25-17-13-12-14-18-25)19-15-10-8-6-4-2-3-5-7-9-11-16-20-27(29)30/h12-14,17-18,26H,2-11,15-16,19-23H2,1H3,(H,29,30). The van der Waals surface area contributed by atoms with E-state index in [0.29, 0.717) is 19.6 Å². The SMILES string of the molecule is CC(=O)OC(CCCCCCCCCCCCCCC(=O)O)CCOCc1ccccc1. The minimum atomic E-state index is -0.681. The van der Waals surface area contributed by atoms with Crippen molar-refractivity contribution in [2.24, 2.45) is 0 Å². The van der Waals surface area contributed by atoms with E-state index in [0.717, 1.165) is 44.1 Å². The second-order valence-corrected chi connectivity index (χ2v) is 8.73. The van der Waals surface area contributed by atoms with Gasteiger partial charge in [0.1, 0.15) is 6.10 Å². The zero-order chi connectivity index (χ0) is 23.3. The highest BCUT2D eigenvalue weighted by molar-refractivity contribution is 5.66. The van der Waals surface area contributed by atoms with Crippen LogP contribution in [-0.2, 0) is 25.7 Å². The molecule has 0 amide bonds. The molecule has 0 aliphatic rings. The third kappa shape index (κ3) is 17.8. The lowest BCUT2D eigenvalue weighted by Gasteiger charge is -2.17. The first-order valence-electron chi connectivity index (χ1n) is 12.6. The summed E-state index contributed by atoms with van der Waals surface area (Å²) in [6.45, 7) is 2.68. The molecule has 0 heterocycles. The summed E-state index contributed by atoms with van der Waals surface area (Å²) in [5, 5.41) is 8.61. The van der Waals surface area contributed by atoms with Crippen LogP contribution in [0.15, 0.2) is 30.3 Å². The summed E-state index contributed by atoms with van der Waals surface area (Å²) in [5.74, 6) is -0.889. The summed E-state index contributed by atoms with van der Waals surface area (Å²) < 4.78 is 11.2. The van der Waals surface area contributed by atoms with Gasteiger partial charge in [0.05, 0.1) is 13.2 Å². The largest absolute Gasteiger partial charge is 0.481 e. The molecule has 0 radical (unpaired) electrons. The fraction of sp³-hybridized carbons (Fsp3) is 0.704. The first-order chi connectivity index (χ1) is 15.6. The van der Waals surface area contributed by atoms with Gasteiger partial charge in [-0.05, 0) is 24.8 Å². The highest BCUT2D eigenvalue weighted by Gasteiger charge is 2.12. The number of hydrogen-bond donors (Lipinski definition) is 1. The van der Waals surface area contributed by atoms with Crippen LogP contribution in [0.25, 0.3) is 0 Å². The van der Waals surface area contributed by atoms with Crippen LogP contribution < -0.4 is 0 Å². The Labute approximate surface area is 194 Å². The van der Waals surface area contributed by atoms with Gasteiger partial charge in [0, 0.05) is 19.8 Å². The van der Waals surface area contributed by atoms with Gasteiger partial charge in [-0.2, -0.15) is 0 Å². The van der Waals surface area contributed by atoms with Crippen molar-refractivity contribution in [1.82, 2.24) is 0 Å². The van der Waals surface area contributed by atoms with Crippen molar-refractivity contribution in [3.63, 3.8) is 0 Å². The molecule has 182 valence electrons. The minimum absolute atomic E-state index is 0.0428. The molecule has 1 aromatic carbocycles. The van der Waals surface area contributed by atoms with E-state index in [-0.39, 0.29) is 12.1 Å². The van der Waals surface area contributed by atoms with E-state index in [4.69, 9.17) is 14.6 Å². The molecule has 0 saturated carbocycles. The van der Waals surface area contributed by atoms with E-state index in [2.05, 4.69) is 12.1 Å². The monoisotopic (exact) mass is 448 g/mol. The first kappa shape index (κ1) is 28.2. The summed E-state index contributed by atoms with van der Waals surface area (Å²) >= 11 is 0. The number of unbranched alkanes of at least 4 members (excludes halogenated alkanes) is 11. The van der Waals surface area contributed by atoms with E-state index in [1.165, 1.54) is 58.3 Å². The number of ether oxygens (including phenoxy) is 2. The zero-order valence-corrected chi connectivity index (χ0v) is 20.1. The van der Waals surface area contributed by atoms with Gasteiger partial charge in [0.25, 0.3) is 0 Å². The molecule has 5 nitrogen and oxygen atoms in total. The van der Waals surface area contributed by atoms with Crippen molar-refractivity contribution in [3.05, 3.63) is 35.9 Å². The van der Waals surface area contributed by atoms with Gasteiger partial charge in [0.15, 0.2) is 0 Å². The Morgan fingerprint density at radius 3 is 1.84 bits per heavy atom. The zero-order valence-electron chi connectivity index (χ0n) is 20.1. The van der Waals surface area contributed by atoms with Crippen LogP contribution in [-0.4, -0.2) is 29.8 Å². The van der Waals surface area contributed by atoms with Crippen LogP contribution in [0.1, 0.15) is 109 Å². The molecule has 0 spiro atoms. The summed E-state index contributed by atoms with van der Waals surface area (Å²) in [4.78, 5) is 21.8. The predicted octanol–water partition coefficient (Wildman–Crippen LogP) is 7.07. The van der Waals surface area contributed by atoms with Crippen LogP contribution in [0.3, 0.4) is 0 Å². The number of carbonyl (C=O) groups excluding carboxylic acids is 1.